The number of nitrogens with zero attached hydrogens (tertiary/aromatic N) is 1. The van der Waals surface area contributed by atoms with Gasteiger partial charge in [0, 0.05) is 25.2 Å². The molecule has 0 spiro atoms. The van der Waals surface area contributed by atoms with Gasteiger partial charge in [-0.3, -0.25) is 4.90 Å². The number of ether oxygens (including phenoxy) is 1. The fraction of sp³-hybridized carbons (Fsp3) is 1.00. The molecule has 0 radical (unpaired) electrons. The van der Waals surface area contributed by atoms with Crippen molar-refractivity contribution < 1.29 is 4.74 Å². The molecule has 78 valence electrons. The van der Waals surface area contributed by atoms with Crippen LogP contribution >= 0.6 is 0 Å². The summed E-state index contributed by atoms with van der Waals surface area (Å²) in [6.07, 6.45) is 0.385. The summed E-state index contributed by atoms with van der Waals surface area (Å²) in [6.45, 7) is 9.63. The lowest BCUT2D eigenvalue weighted by Crippen LogP contribution is -2.53. The Morgan fingerprint density at radius 1 is 1.54 bits per heavy atom. The highest BCUT2D eigenvalue weighted by molar-refractivity contribution is 4.80. The van der Waals surface area contributed by atoms with E-state index in [2.05, 4.69) is 31.0 Å². The molecule has 3 nitrogen and oxygen atoms in total. The van der Waals surface area contributed by atoms with Crippen LogP contribution in [0.2, 0.25) is 0 Å². The predicted octanol–water partition coefficient (Wildman–Crippen LogP) is 0.703. The van der Waals surface area contributed by atoms with Crippen LogP contribution in [0.15, 0.2) is 0 Å². The highest BCUT2D eigenvalue weighted by Gasteiger charge is 2.26. The molecule has 1 N–H and O–H groups in total. The summed E-state index contributed by atoms with van der Waals surface area (Å²) >= 11 is 0. The van der Waals surface area contributed by atoms with Gasteiger partial charge in [0.15, 0.2) is 0 Å². The molecule has 0 aromatic heterocycles. The van der Waals surface area contributed by atoms with Crippen molar-refractivity contribution in [3.05, 3.63) is 0 Å². The van der Waals surface area contributed by atoms with Crippen LogP contribution in [-0.4, -0.2) is 49.8 Å². The number of morpholine rings is 1. The van der Waals surface area contributed by atoms with Crippen molar-refractivity contribution in [2.75, 3.05) is 26.7 Å². The van der Waals surface area contributed by atoms with Crippen molar-refractivity contribution in [2.45, 2.75) is 39.0 Å². The molecule has 0 aromatic rings. The number of likely N-dealkylation sites (N-methyl/N-ethyl adjacent to an activating group) is 1. The van der Waals surface area contributed by atoms with E-state index in [1.54, 1.807) is 0 Å². The molecule has 1 heterocycles. The van der Waals surface area contributed by atoms with Crippen molar-refractivity contribution in [3.8, 4) is 0 Å². The second-order valence-electron chi connectivity index (χ2n) is 4.10. The van der Waals surface area contributed by atoms with Crippen LogP contribution in [0.5, 0.6) is 0 Å². The molecular weight excluding hydrogens is 164 g/mol. The molecule has 1 saturated heterocycles. The van der Waals surface area contributed by atoms with E-state index in [1.165, 1.54) is 0 Å². The van der Waals surface area contributed by atoms with Crippen LogP contribution in [-0.2, 0) is 4.74 Å². The first kappa shape index (κ1) is 11.0. The van der Waals surface area contributed by atoms with Crippen LogP contribution in [0, 0.1) is 0 Å². The van der Waals surface area contributed by atoms with E-state index in [0.29, 0.717) is 18.2 Å². The summed E-state index contributed by atoms with van der Waals surface area (Å²) in [5, 5.41) is 3.22. The summed E-state index contributed by atoms with van der Waals surface area (Å²) in [7, 11) is 2.01. The molecule has 0 saturated carbocycles. The average Bonchev–Trinajstić information content (AvgIpc) is 2.09. The molecule has 3 unspecified atom stereocenters. The summed E-state index contributed by atoms with van der Waals surface area (Å²) in [4.78, 5) is 2.52. The van der Waals surface area contributed by atoms with Crippen LogP contribution in [0.3, 0.4) is 0 Å². The minimum atomic E-state index is 0.385. The van der Waals surface area contributed by atoms with Gasteiger partial charge in [0.05, 0.1) is 12.7 Å². The van der Waals surface area contributed by atoms with Gasteiger partial charge in [-0.15, -0.1) is 0 Å². The molecule has 1 fully saturated rings. The van der Waals surface area contributed by atoms with E-state index in [4.69, 9.17) is 4.74 Å². The lowest BCUT2D eigenvalue weighted by molar-refractivity contribution is -0.0627. The Labute approximate surface area is 81.4 Å². The summed E-state index contributed by atoms with van der Waals surface area (Å²) in [5.41, 5.74) is 0. The van der Waals surface area contributed by atoms with E-state index >= 15 is 0 Å². The minimum absolute atomic E-state index is 0.385. The maximum Gasteiger partial charge on any atom is 0.0674 e. The number of rotatable bonds is 3. The Morgan fingerprint density at radius 3 is 2.85 bits per heavy atom. The Bertz CT molecular complexity index is 152. The van der Waals surface area contributed by atoms with Crippen molar-refractivity contribution in [1.29, 1.82) is 0 Å². The molecule has 1 aliphatic rings. The highest BCUT2D eigenvalue weighted by Crippen LogP contribution is 2.14. The third-order valence-corrected chi connectivity index (χ3v) is 2.72. The van der Waals surface area contributed by atoms with Gasteiger partial charge in [-0.2, -0.15) is 0 Å². The van der Waals surface area contributed by atoms with Gasteiger partial charge in [0.1, 0.15) is 0 Å². The monoisotopic (exact) mass is 186 g/mol. The molecule has 1 aliphatic heterocycles. The van der Waals surface area contributed by atoms with Gasteiger partial charge in [-0.05, 0) is 27.8 Å². The second kappa shape index (κ2) is 4.94. The fourth-order valence-electron chi connectivity index (χ4n) is 1.96. The van der Waals surface area contributed by atoms with Gasteiger partial charge >= 0.3 is 0 Å². The highest BCUT2D eigenvalue weighted by atomic mass is 16.5. The number of hydrogen-bond donors (Lipinski definition) is 1. The SMILES string of the molecule is CNCC(C)N1CC(C)OCC1C. The quantitative estimate of drug-likeness (QED) is 0.702. The van der Waals surface area contributed by atoms with E-state index in [0.717, 1.165) is 19.7 Å². The van der Waals surface area contributed by atoms with Crippen LogP contribution in [0.1, 0.15) is 20.8 Å². The van der Waals surface area contributed by atoms with Crippen LogP contribution in [0.4, 0.5) is 0 Å². The Kier molecular flexibility index (Phi) is 4.16. The normalized spacial score (nSPS) is 33.2. The Morgan fingerprint density at radius 2 is 2.23 bits per heavy atom. The maximum absolute atomic E-state index is 5.59. The van der Waals surface area contributed by atoms with E-state index in [9.17, 15) is 0 Å². The number of nitrogens with one attached hydrogen (secondary N) is 1. The van der Waals surface area contributed by atoms with Gasteiger partial charge in [-0.1, -0.05) is 0 Å². The average molecular weight is 186 g/mol. The molecule has 13 heavy (non-hydrogen) atoms. The zero-order chi connectivity index (χ0) is 9.84. The molecule has 0 amide bonds. The molecule has 1 rings (SSSR count). The third-order valence-electron chi connectivity index (χ3n) is 2.72. The molecule has 0 aliphatic carbocycles. The lowest BCUT2D eigenvalue weighted by Gasteiger charge is -2.40. The summed E-state index contributed by atoms with van der Waals surface area (Å²) in [5.74, 6) is 0. The van der Waals surface area contributed by atoms with E-state index < -0.39 is 0 Å². The first-order chi connectivity index (χ1) is 6.15. The second-order valence-corrected chi connectivity index (χ2v) is 4.10. The van der Waals surface area contributed by atoms with Crippen molar-refractivity contribution in [1.82, 2.24) is 10.2 Å². The van der Waals surface area contributed by atoms with Gasteiger partial charge < -0.3 is 10.1 Å². The van der Waals surface area contributed by atoms with Crippen LogP contribution < -0.4 is 5.32 Å². The van der Waals surface area contributed by atoms with Crippen LogP contribution in [0.25, 0.3) is 0 Å². The molecule has 3 atom stereocenters. The van der Waals surface area contributed by atoms with E-state index in [1.807, 2.05) is 7.05 Å². The lowest BCUT2D eigenvalue weighted by atomic mass is 10.1. The van der Waals surface area contributed by atoms with Crippen molar-refractivity contribution in [3.63, 3.8) is 0 Å². The summed E-state index contributed by atoms with van der Waals surface area (Å²) < 4.78 is 5.59. The molecule has 0 bridgehead atoms. The first-order valence-electron chi connectivity index (χ1n) is 5.17. The molecule has 3 heteroatoms. The van der Waals surface area contributed by atoms with Gasteiger partial charge in [0.2, 0.25) is 0 Å². The van der Waals surface area contributed by atoms with Crippen molar-refractivity contribution >= 4 is 0 Å². The molecular formula is C10H22N2O. The topological polar surface area (TPSA) is 24.5 Å². The van der Waals surface area contributed by atoms with Crippen molar-refractivity contribution in [2.24, 2.45) is 0 Å². The first-order valence-corrected chi connectivity index (χ1v) is 5.17. The summed E-state index contributed by atoms with van der Waals surface area (Å²) in [6, 6.07) is 1.16. The molecule has 0 aromatic carbocycles. The third kappa shape index (κ3) is 2.93. The fourth-order valence-corrected chi connectivity index (χ4v) is 1.96. The van der Waals surface area contributed by atoms with E-state index in [-0.39, 0.29) is 0 Å². The Balaban J connectivity index is 2.44. The van der Waals surface area contributed by atoms with Gasteiger partial charge in [-0.25, -0.2) is 0 Å². The minimum Gasteiger partial charge on any atom is -0.376 e. The zero-order valence-corrected chi connectivity index (χ0v) is 9.21. The smallest absolute Gasteiger partial charge is 0.0674 e. The Hall–Kier alpha value is -0.120. The van der Waals surface area contributed by atoms with Gasteiger partial charge in [0.25, 0.3) is 0 Å². The predicted molar refractivity (Wildman–Crippen MR) is 55.0 cm³/mol. The largest absolute Gasteiger partial charge is 0.376 e. The zero-order valence-electron chi connectivity index (χ0n) is 9.21. The standard InChI is InChI=1S/C10H22N2O/c1-8(5-11-4)12-6-10(3)13-7-9(12)2/h8-11H,5-7H2,1-4H3. The number of hydrogen-bond acceptors (Lipinski definition) is 3. The maximum atomic E-state index is 5.59.